The molecule has 1 amide bonds. The molecule has 0 spiro atoms. The fourth-order valence-electron chi connectivity index (χ4n) is 1.95. The lowest BCUT2D eigenvalue weighted by atomic mass is 10.2. The Labute approximate surface area is 151 Å². The van der Waals surface area contributed by atoms with Crippen LogP contribution in [0.5, 0.6) is 5.75 Å². The molecule has 0 unspecified atom stereocenters. The van der Waals surface area contributed by atoms with Crippen molar-refractivity contribution < 1.29 is 14.3 Å². The number of thiazole rings is 1. The van der Waals surface area contributed by atoms with E-state index in [9.17, 15) is 4.79 Å². The van der Waals surface area contributed by atoms with E-state index in [1.807, 2.05) is 25.1 Å². The van der Waals surface area contributed by atoms with Gasteiger partial charge < -0.3 is 20.5 Å². The normalized spacial score (nSPS) is 10.1. The van der Waals surface area contributed by atoms with Crippen LogP contribution in [0.15, 0.2) is 23.6 Å². The van der Waals surface area contributed by atoms with Crippen molar-refractivity contribution in [1.29, 1.82) is 0 Å². The molecule has 1 heterocycles. The van der Waals surface area contributed by atoms with Crippen LogP contribution in [0, 0.1) is 6.92 Å². The minimum Gasteiger partial charge on any atom is -0.491 e. The third-order valence-electron chi connectivity index (χ3n) is 3.14. The molecule has 2 rings (SSSR count). The zero-order valence-electron chi connectivity index (χ0n) is 13.7. The van der Waals surface area contributed by atoms with Crippen LogP contribution in [-0.4, -0.2) is 37.8 Å². The molecule has 0 aliphatic heterocycles. The Hall–Kier alpha value is -1.67. The highest BCUT2D eigenvalue weighted by atomic mass is 35.5. The van der Waals surface area contributed by atoms with Crippen molar-refractivity contribution in [2.24, 2.45) is 5.73 Å². The molecule has 0 aliphatic carbocycles. The van der Waals surface area contributed by atoms with Crippen molar-refractivity contribution in [3.05, 3.63) is 39.8 Å². The lowest BCUT2D eigenvalue weighted by Crippen LogP contribution is -2.13. The minimum absolute atomic E-state index is 0. The summed E-state index contributed by atoms with van der Waals surface area (Å²) in [7, 11) is 1.63. The summed E-state index contributed by atoms with van der Waals surface area (Å²) in [6.45, 7) is 3.47. The maximum atomic E-state index is 12.2. The Kier molecular flexibility index (Phi) is 8.70. The largest absolute Gasteiger partial charge is 0.491 e. The second-order valence-electron chi connectivity index (χ2n) is 4.94. The summed E-state index contributed by atoms with van der Waals surface area (Å²) in [5, 5.41) is 5.49. The summed E-state index contributed by atoms with van der Waals surface area (Å²) in [5.41, 5.74) is 7.57. The summed E-state index contributed by atoms with van der Waals surface area (Å²) in [5.74, 6) is 0.525. The van der Waals surface area contributed by atoms with Crippen molar-refractivity contribution in [3.63, 3.8) is 0 Å². The third-order valence-corrected chi connectivity index (χ3v) is 4.05. The van der Waals surface area contributed by atoms with Crippen LogP contribution in [0.3, 0.4) is 0 Å². The van der Waals surface area contributed by atoms with Crippen LogP contribution in [0.2, 0.25) is 0 Å². The number of benzene rings is 1. The highest BCUT2D eigenvalue weighted by molar-refractivity contribution is 7.09. The number of ether oxygens (including phenoxy) is 2. The van der Waals surface area contributed by atoms with Crippen LogP contribution in [0.1, 0.15) is 21.1 Å². The van der Waals surface area contributed by atoms with Gasteiger partial charge in [-0.1, -0.05) is 0 Å². The van der Waals surface area contributed by atoms with E-state index in [4.69, 9.17) is 15.2 Å². The van der Waals surface area contributed by atoms with Gasteiger partial charge in [-0.25, -0.2) is 4.98 Å². The zero-order chi connectivity index (χ0) is 16.7. The molecule has 6 nitrogen and oxygen atoms in total. The molecule has 0 bridgehead atoms. The van der Waals surface area contributed by atoms with Gasteiger partial charge in [0.05, 0.1) is 11.6 Å². The first-order chi connectivity index (χ1) is 11.1. The SMILES string of the molecule is COCCOc1ccc(NC(=O)c2csc(CCN)n2)c(C)c1.Cl. The number of nitrogens with zero attached hydrogens (tertiary/aromatic N) is 1. The van der Waals surface area contributed by atoms with Gasteiger partial charge in [-0.05, 0) is 37.2 Å². The number of aryl methyl sites for hydroxylation is 1. The van der Waals surface area contributed by atoms with E-state index in [-0.39, 0.29) is 18.3 Å². The summed E-state index contributed by atoms with van der Waals surface area (Å²) < 4.78 is 10.5. The Morgan fingerprint density at radius 3 is 2.83 bits per heavy atom. The molecule has 0 atom stereocenters. The average Bonchev–Trinajstić information content (AvgIpc) is 2.99. The van der Waals surface area contributed by atoms with Gasteiger partial charge in [0.2, 0.25) is 0 Å². The van der Waals surface area contributed by atoms with Crippen molar-refractivity contribution in [3.8, 4) is 5.75 Å². The number of nitrogens with two attached hydrogens (primary N) is 1. The summed E-state index contributed by atoms with van der Waals surface area (Å²) in [4.78, 5) is 16.5. The van der Waals surface area contributed by atoms with Crippen LogP contribution < -0.4 is 15.8 Å². The predicted molar refractivity (Wildman–Crippen MR) is 98.6 cm³/mol. The van der Waals surface area contributed by atoms with Gasteiger partial charge in [-0.3, -0.25) is 4.79 Å². The number of methoxy groups -OCH3 is 1. The van der Waals surface area contributed by atoms with Crippen LogP contribution in [0.4, 0.5) is 5.69 Å². The number of carbonyl (C=O) groups excluding carboxylic acids is 1. The van der Waals surface area contributed by atoms with E-state index >= 15 is 0 Å². The molecule has 0 fully saturated rings. The van der Waals surface area contributed by atoms with Crippen molar-refractivity contribution >= 4 is 35.3 Å². The van der Waals surface area contributed by atoms with E-state index < -0.39 is 0 Å². The van der Waals surface area contributed by atoms with Crippen LogP contribution in [-0.2, 0) is 11.2 Å². The van der Waals surface area contributed by atoms with E-state index in [1.165, 1.54) is 11.3 Å². The van der Waals surface area contributed by atoms with Gasteiger partial charge >= 0.3 is 0 Å². The van der Waals surface area contributed by atoms with Crippen molar-refractivity contribution in [1.82, 2.24) is 4.98 Å². The van der Waals surface area contributed by atoms with Gasteiger partial charge in [-0.2, -0.15) is 0 Å². The van der Waals surface area contributed by atoms with Gasteiger partial charge in [0.1, 0.15) is 18.1 Å². The van der Waals surface area contributed by atoms with E-state index in [1.54, 1.807) is 12.5 Å². The molecule has 3 N–H and O–H groups in total. The Morgan fingerprint density at radius 2 is 2.17 bits per heavy atom. The van der Waals surface area contributed by atoms with Gasteiger partial charge in [0, 0.05) is 24.6 Å². The number of aromatic nitrogens is 1. The lowest BCUT2D eigenvalue weighted by Gasteiger charge is -2.10. The maximum absolute atomic E-state index is 12.2. The standard InChI is InChI=1S/C16H21N3O3S.ClH/c1-11-9-12(22-8-7-21-2)3-4-13(11)19-16(20)14-10-23-15(18-14)5-6-17;/h3-4,9-10H,5-8,17H2,1-2H3,(H,19,20);1H. The number of carbonyl (C=O) groups is 1. The topological polar surface area (TPSA) is 86.5 Å². The summed E-state index contributed by atoms with van der Waals surface area (Å²) >= 11 is 1.45. The first-order valence-electron chi connectivity index (χ1n) is 7.32. The molecule has 8 heteroatoms. The molecule has 0 saturated carbocycles. The van der Waals surface area contributed by atoms with E-state index in [0.29, 0.717) is 31.9 Å². The number of rotatable bonds is 8. The molecule has 0 saturated heterocycles. The number of anilines is 1. The number of amides is 1. The van der Waals surface area contributed by atoms with Crippen molar-refractivity contribution in [2.45, 2.75) is 13.3 Å². The first kappa shape index (κ1) is 20.4. The second kappa shape index (κ2) is 10.2. The Balaban J connectivity index is 0.00000288. The fourth-order valence-corrected chi connectivity index (χ4v) is 2.74. The minimum atomic E-state index is -0.222. The lowest BCUT2D eigenvalue weighted by molar-refractivity contribution is 0.102. The second-order valence-corrected chi connectivity index (χ2v) is 5.88. The van der Waals surface area contributed by atoms with E-state index in [0.717, 1.165) is 22.0 Å². The van der Waals surface area contributed by atoms with Gasteiger partial charge in [-0.15, -0.1) is 23.7 Å². The Morgan fingerprint density at radius 1 is 1.38 bits per heavy atom. The molecular weight excluding hydrogens is 350 g/mol. The molecule has 2 aromatic rings. The molecular formula is C16H22ClN3O3S. The number of hydrogen-bond donors (Lipinski definition) is 2. The van der Waals surface area contributed by atoms with Gasteiger partial charge in [0.25, 0.3) is 5.91 Å². The number of nitrogens with one attached hydrogen (secondary N) is 1. The quantitative estimate of drug-likeness (QED) is 0.696. The number of hydrogen-bond acceptors (Lipinski definition) is 6. The highest BCUT2D eigenvalue weighted by Gasteiger charge is 2.12. The molecule has 0 radical (unpaired) electrons. The molecule has 1 aromatic heterocycles. The predicted octanol–water partition coefficient (Wildman–Crippen LogP) is 2.65. The van der Waals surface area contributed by atoms with Crippen LogP contribution >= 0.6 is 23.7 Å². The highest BCUT2D eigenvalue weighted by Crippen LogP contribution is 2.22. The molecule has 0 aliphatic rings. The van der Waals surface area contributed by atoms with Crippen molar-refractivity contribution in [2.75, 3.05) is 32.2 Å². The van der Waals surface area contributed by atoms with E-state index in [2.05, 4.69) is 10.3 Å². The molecule has 1 aromatic carbocycles. The maximum Gasteiger partial charge on any atom is 0.275 e. The molecule has 24 heavy (non-hydrogen) atoms. The molecule has 132 valence electrons. The first-order valence-corrected chi connectivity index (χ1v) is 8.20. The fraction of sp³-hybridized carbons (Fsp3) is 0.375. The summed E-state index contributed by atoms with van der Waals surface area (Å²) in [6.07, 6.45) is 0.685. The Bertz CT molecular complexity index is 664. The monoisotopic (exact) mass is 371 g/mol. The smallest absolute Gasteiger partial charge is 0.275 e. The van der Waals surface area contributed by atoms with Gasteiger partial charge in [0.15, 0.2) is 0 Å². The summed E-state index contributed by atoms with van der Waals surface area (Å²) in [6, 6.07) is 5.52. The zero-order valence-corrected chi connectivity index (χ0v) is 15.3. The third kappa shape index (κ3) is 5.76. The average molecular weight is 372 g/mol. The van der Waals surface area contributed by atoms with Crippen LogP contribution in [0.25, 0.3) is 0 Å². The number of halogens is 1.